The van der Waals surface area contributed by atoms with Crippen molar-refractivity contribution >= 4 is 40.7 Å². The SMILES string of the molecule is COCCN1CCN=C1NCc1ccc2ccccc2c1.I. The number of rotatable bonds is 5. The van der Waals surface area contributed by atoms with Gasteiger partial charge in [0, 0.05) is 26.7 Å². The van der Waals surface area contributed by atoms with Gasteiger partial charge in [-0.15, -0.1) is 24.0 Å². The second-order valence-electron chi connectivity index (χ2n) is 5.22. The summed E-state index contributed by atoms with van der Waals surface area (Å²) in [4.78, 5) is 6.76. The van der Waals surface area contributed by atoms with Crippen LogP contribution in [0.5, 0.6) is 0 Å². The lowest BCUT2D eigenvalue weighted by Crippen LogP contribution is -2.39. The standard InChI is InChI=1S/C17H21N3O.HI/c1-21-11-10-20-9-8-18-17(20)19-13-14-6-7-15-4-2-3-5-16(15)12-14;/h2-7,12H,8-11,13H2,1H3,(H,18,19);1H. The molecule has 2 aromatic carbocycles. The molecule has 0 spiro atoms. The molecule has 118 valence electrons. The summed E-state index contributed by atoms with van der Waals surface area (Å²) < 4.78 is 5.14. The van der Waals surface area contributed by atoms with E-state index in [9.17, 15) is 0 Å². The van der Waals surface area contributed by atoms with Gasteiger partial charge < -0.3 is 15.0 Å². The third-order valence-electron chi connectivity index (χ3n) is 3.76. The third kappa shape index (κ3) is 4.10. The number of nitrogens with zero attached hydrogens (tertiary/aromatic N) is 2. The van der Waals surface area contributed by atoms with E-state index in [1.54, 1.807) is 7.11 Å². The van der Waals surface area contributed by atoms with Crippen molar-refractivity contribution in [3.05, 3.63) is 48.0 Å². The molecule has 2 aromatic rings. The molecule has 0 saturated heterocycles. The minimum atomic E-state index is 0. The molecular formula is C17H22IN3O. The summed E-state index contributed by atoms with van der Waals surface area (Å²) in [6.07, 6.45) is 0. The molecule has 1 heterocycles. The van der Waals surface area contributed by atoms with E-state index < -0.39 is 0 Å². The van der Waals surface area contributed by atoms with Crippen LogP contribution in [0.3, 0.4) is 0 Å². The second kappa shape index (κ2) is 8.33. The average molecular weight is 411 g/mol. The molecule has 5 heteroatoms. The van der Waals surface area contributed by atoms with Gasteiger partial charge in [0.1, 0.15) is 0 Å². The Balaban J connectivity index is 0.00000176. The minimum absolute atomic E-state index is 0. The number of methoxy groups -OCH3 is 1. The predicted molar refractivity (Wildman–Crippen MR) is 102 cm³/mol. The van der Waals surface area contributed by atoms with Crippen LogP contribution < -0.4 is 5.32 Å². The molecule has 1 aliphatic rings. The zero-order valence-electron chi connectivity index (χ0n) is 12.8. The maximum absolute atomic E-state index is 5.14. The van der Waals surface area contributed by atoms with Crippen LogP contribution in [0.2, 0.25) is 0 Å². The molecule has 3 rings (SSSR count). The Labute approximate surface area is 148 Å². The molecule has 22 heavy (non-hydrogen) atoms. The Kier molecular flexibility index (Phi) is 6.45. The summed E-state index contributed by atoms with van der Waals surface area (Å²) in [5, 5.41) is 6.00. The smallest absolute Gasteiger partial charge is 0.194 e. The Hall–Kier alpha value is -1.34. The lowest BCUT2D eigenvalue weighted by atomic mass is 10.1. The van der Waals surface area contributed by atoms with Crippen LogP contribution in [-0.4, -0.2) is 44.2 Å². The molecule has 1 aliphatic heterocycles. The van der Waals surface area contributed by atoms with Crippen molar-refractivity contribution in [1.82, 2.24) is 10.2 Å². The van der Waals surface area contributed by atoms with Crippen LogP contribution in [0.1, 0.15) is 5.56 Å². The van der Waals surface area contributed by atoms with Gasteiger partial charge in [-0.3, -0.25) is 4.99 Å². The number of aliphatic imine (C=N–C) groups is 1. The lowest BCUT2D eigenvalue weighted by molar-refractivity contribution is 0.178. The van der Waals surface area contributed by atoms with Crippen LogP contribution in [0.15, 0.2) is 47.5 Å². The molecule has 0 fully saturated rings. The van der Waals surface area contributed by atoms with E-state index in [1.165, 1.54) is 16.3 Å². The van der Waals surface area contributed by atoms with Gasteiger partial charge in [0.05, 0.1) is 13.2 Å². The van der Waals surface area contributed by atoms with Gasteiger partial charge in [-0.2, -0.15) is 0 Å². The number of fused-ring (bicyclic) bond motifs is 1. The Bertz CT molecular complexity index is 645. The molecule has 4 nitrogen and oxygen atoms in total. The fourth-order valence-electron chi connectivity index (χ4n) is 2.60. The first kappa shape index (κ1) is 17.0. The highest BCUT2D eigenvalue weighted by atomic mass is 127. The topological polar surface area (TPSA) is 36.9 Å². The van der Waals surface area contributed by atoms with Gasteiger partial charge in [0.25, 0.3) is 0 Å². The zero-order chi connectivity index (χ0) is 14.5. The Morgan fingerprint density at radius 2 is 2.00 bits per heavy atom. The molecule has 0 saturated carbocycles. The summed E-state index contributed by atoms with van der Waals surface area (Å²) in [5.41, 5.74) is 1.27. The van der Waals surface area contributed by atoms with E-state index in [0.29, 0.717) is 0 Å². The van der Waals surface area contributed by atoms with Crippen LogP contribution in [0.25, 0.3) is 10.8 Å². The molecular weight excluding hydrogens is 389 g/mol. The normalized spacial score (nSPS) is 13.9. The molecule has 0 aliphatic carbocycles. The van der Waals surface area contributed by atoms with E-state index >= 15 is 0 Å². The Morgan fingerprint density at radius 3 is 2.82 bits per heavy atom. The molecule has 0 amide bonds. The van der Waals surface area contributed by atoms with E-state index in [1.807, 2.05) is 0 Å². The number of ether oxygens (including phenoxy) is 1. The van der Waals surface area contributed by atoms with Gasteiger partial charge in [-0.1, -0.05) is 36.4 Å². The van der Waals surface area contributed by atoms with Crippen molar-refractivity contribution in [2.24, 2.45) is 4.99 Å². The molecule has 0 unspecified atom stereocenters. The largest absolute Gasteiger partial charge is 0.383 e. The van der Waals surface area contributed by atoms with Crippen LogP contribution in [0, 0.1) is 0 Å². The maximum atomic E-state index is 5.14. The molecule has 1 N–H and O–H groups in total. The maximum Gasteiger partial charge on any atom is 0.194 e. The second-order valence-corrected chi connectivity index (χ2v) is 5.22. The first-order valence-electron chi connectivity index (χ1n) is 7.37. The summed E-state index contributed by atoms with van der Waals surface area (Å²) >= 11 is 0. The van der Waals surface area contributed by atoms with E-state index in [2.05, 4.69) is 57.7 Å². The zero-order valence-corrected chi connectivity index (χ0v) is 15.1. The minimum Gasteiger partial charge on any atom is -0.383 e. The quantitative estimate of drug-likeness (QED) is 0.769. The predicted octanol–water partition coefficient (Wildman–Crippen LogP) is 2.87. The van der Waals surface area contributed by atoms with Gasteiger partial charge in [0.15, 0.2) is 5.96 Å². The number of halogens is 1. The number of guanidine groups is 1. The number of hydrogen-bond donors (Lipinski definition) is 1. The lowest BCUT2D eigenvalue weighted by Gasteiger charge is -2.20. The summed E-state index contributed by atoms with van der Waals surface area (Å²) in [5.74, 6) is 0.986. The van der Waals surface area contributed by atoms with E-state index in [4.69, 9.17) is 4.74 Å². The first-order valence-corrected chi connectivity index (χ1v) is 7.37. The van der Waals surface area contributed by atoms with Crippen molar-refractivity contribution in [2.45, 2.75) is 6.54 Å². The monoisotopic (exact) mass is 411 g/mol. The highest BCUT2D eigenvalue weighted by Crippen LogP contribution is 2.15. The molecule has 0 atom stereocenters. The van der Waals surface area contributed by atoms with Crippen molar-refractivity contribution in [1.29, 1.82) is 0 Å². The van der Waals surface area contributed by atoms with Gasteiger partial charge in [-0.05, 0) is 22.4 Å². The molecule has 0 radical (unpaired) electrons. The van der Waals surface area contributed by atoms with Crippen LogP contribution >= 0.6 is 24.0 Å². The first-order chi connectivity index (χ1) is 10.4. The van der Waals surface area contributed by atoms with E-state index in [0.717, 1.165) is 38.7 Å². The van der Waals surface area contributed by atoms with Crippen molar-refractivity contribution in [2.75, 3.05) is 33.4 Å². The highest BCUT2D eigenvalue weighted by Gasteiger charge is 2.15. The van der Waals surface area contributed by atoms with Gasteiger partial charge >= 0.3 is 0 Å². The number of nitrogens with one attached hydrogen (secondary N) is 1. The summed E-state index contributed by atoms with van der Waals surface area (Å²) in [7, 11) is 1.73. The van der Waals surface area contributed by atoms with Crippen LogP contribution in [-0.2, 0) is 11.3 Å². The summed E-state index contributed by atoms with van der Waals surface area (Å²) in [6, 6.07) is 15.0. The fourth-order valence-corrected chi connectivity index (χ4v) is 2.60. The van der Waals surface area contributed by atoms with Crippen molar-refractivity contribution in [3.63, 3.8) is 0 Å². The fraction of sp³-hybridized carbons (Fsp3) is 0.353. The Morgan fingerprint density at radius 1 is 1.18 bits per heavy atom. The van der Waals surface area contributed by atoms with E-state index in [-0.39, 0.29) is 24.0 Å². The van der Waals surface area contributed by atoms with Gasteiger partial charge in [-0.25, -0.2) is 0 Å². The van der Waals surface area contributed by atoms with Gasteiger partial charge in [0.2, 0.25) is 0 Å². The summed E-state index contributed by atoms with van der Waals surface area (Å²) in [6.45, 7) is 4.26. The third-order valence-corrected chi connectivity index (χ3v) is 3.76. The van der Waals surface area contributed by atoms with Crippen molar-refractivity contribution < 1.29 is 4.74 Å². The molecule has 0 bridgehead atoms. The average Bonchev–Trinajstić information content (AvgIpc) is 2.98. The van der Waals surface area contributed by atoms with Crippen LogP contribution in [0.4, 0.5) is 0 Å². The molecule has 0 aromatic heterocycles. The highest BCUT2D eigenvalue weighted by molar-refractivity contribution is 14.0. The number of benzene rings is 2. The number of hydrogen-bond acceptors (Lipinski definition) is 4. The van der Waals surface area contributed by atoms with Crippen molar-refractivity contribution in [3.8, 4) is 0 Å².